The van der Waals surface area contributed by atoms with Crippen molar-refractivity contribution in [1.82, 2.24) is 0 Å². The Balaban J connectivity index is 3.35. The van der Waals surface area contributed by atoms with Crippen LogP contribution in [0, 0.1) is 0 Å². The Bertz CT molecular complexity index is 363. The largest absolute Gasteiger partial charge is 0.496 e. The van der Waals surface area contributed by atoms with E-state index in [1.807, 2.05) is 0 Å². The standard InChI is InChI=1S/C9H8Cl2O3/c1-13-6-4-3-5(10)8(11)7(6)9(12)14-2/h3-4H,1-2H3. The fourth-order valence-electron chi connectivity index (χ4n) is 0.995. The Morgan fingerprint density at radius 1 is 1.29 bits per heavy atom. The Labute approximate surface area is 91.5 Å². The monoisotopic (exact) mass is 234 g/mol. The third kappa shape index (κ3) is 1.94. The van der Waals surface area contributed by atoms with Gasteiger partial charge in [0.25, 0.3) is 0 Å². The molecule has 1 aromatic rings. The number of hydrogen-bond donors (Lipinski definition) is 0. The van der Waals surface area contributed by atoms with Crippen molar-refractivity contribution in [3.05, 3.63) is 27.7 Å². The van der Waals surface area contributed by atoms with Crippen molar-refractivity contribution in [2.45, 2.75) is 0 Å². The zero-order valence-electron chi connectivity index (χ0n) is 7.64. The Kier molecular flexibility index (Phi) is 3.61. The van der Waals surface area contributed by atoms with Gasteiger partial charge in [-0.1, -0.05) is 23.2 Å². The maximum atomic E-state index is 11.3. The zero-order valence-corrected chi connectivity index (χ0v) is 9.15. The second kappa shape index (κ2) is 4.53. The van der Waals surface area contributed by atoms with Crippen molar-refractivity contribution < 1.29 is 14.3 Å². The molecule has 0 saturated heterocycles. The lowest BCUT2D eigenvalue weighted by molar-refractivity contribution is 0.0597. The van der Waals surface area contributed by atoms with E-state index in [2.05, 4.69) is 4.74 Å². The third-order valence-corrected chi connectivity index (χ3v) is 2.47. The van der Waals surface area contributed by atoms with Crippen LogP contribution < -0.4 is 4.74 Å². The summed E-state index contributed by atoms with van der Waals surface area (Å²) in [7, 11) is 2.70. The molecule has 0 aromatic heterocycles. The summed E-state index contributed by atoms with van der Waals surface area (Å²) in [6.45, 7) is 0. The van der Waals surface area contributed by atoms with E-state index in [1.54, 1.807) is 12.1 Å². The van der Waals surface area contributed by atoms with Gasteiger partial charge in [-0.25, -0.2) is 4.79 Å². The van der Waals surface area contributed by atoms with Gasteiger partial charge in [0.15, 0.2) is 0 Å². The maximum Gasteiger partial charge on any atom is 0.343 e. The van der Waals surface area contributed by atoms with Gasteiger partial charge in [0, 0.05) is 0 Å². The van der Waals surface area contributed by atoms with Gasteiger partial charge in [0.2, 0.25) is 0 Å². The van der Waals surface area contributed by atoms with Crippen molar-refractivity contribution >= 4 is 29.2 Å². The molecule has 0 amide bonds. The normalized spacial score (nSPS) is 9.71. The highest BCUT2D eigenvalue weighted by molar-refractivity contribution is 6.44. The molecule has 0 heterocycles. The molecule has 0 N–H and O–H groups in total. The van der Waals surface area contributed by atoms with Crippen LogP contribution >= 0.6 is 23.2 Å². The van der Waals surface area contributed by atoms with Crippen molar-refractivity contribution in [2.75, 3.05) is 14.2 Å². The molecule has 5 heteroatoms. The summed E-state index contributed by atoms with van der Waals surface area (Å²) in [5.74, 6) is -0.236. The van der Waals surface area contributed by atoms with E-state index < -0.39 is 5.97 Å². The Morgan fingerprint density at radius 2 is 1.93 bits per heavy atom. The van der Waals surface area contributed by atoms with Crippen LogP contribution in [0.25, 0.3) is 0 Å². The van der Waals surface area contributed by atoms with Crippen LogP contribution in [0.5, 0.6) is 5.75 Å². The van der Waals surface area contributed by atoms with Crippen LogP contribution in [0.1, 0.15) is 10.4 Å². The number of carbonyl (C=O) groups excluding carboxylic acids is 1. The Hall–Kier alpha value is -0.930. The second-order valence-electron chi connectivity index (χ2n) is 2.43. The molecule has 76 valence electrons. The van der Waals surface area contributed by atoms with Gasteiger partial charge >= 0.3 is 5.97 Å². The maximum absolute atomic E-state index is 11.3. The van der Waals surface area contributed by atoms with E-state index in [-0.39, 0.29) is 15.6 Å². The molecule has 0 bridgehead atoms. The predicted octanol–water partition coefficient (Wildman–Crippen LogP) is 2.79. The number of rotatable bonds is 2. The van der Waals surface area contributed by atoms with Crippen LogP contribution in [0.2, 0.25) is 10.0 Å². The lowest BCUT2D eigenvalue weighted by atomic mass is 10.2. The number of hydrogen-bond acceptors (Lipinski definition) is 3. The van der Waals surface area contributed by atoms with Gasteiger partial charge in [-0.2, -0.15) is 0 Å². The number of halogens is 2. The lowest BCUT2D eigenvalue weighted by Crippen LogP contribution is -2.05. The van der Waals surface area contributed by atoms with Crippen molar-refractivity contribution in [3.63, 3.8) is 0 Å². The quantitative estimate of drug-likeness (QED) is 0.739. The summed E-state index contributed by atoms with van der Waals surface area (Å²) in [4.78, 5) is 11.3. The van der Waals surface area contributed by atoms with E-state index in [0.29, 0.717) is 5.75 Å². The third-order valence-electron chi connectivity index (χ3n) is 1.67. The molecule has 3 nitrogen and oxygen atoms in total. The summed E-state index contributed by atoms with van der Waals surface area (Å²) < 4.78 is 9.51. The minimum absolute atomic E-state index is 0.137. The summed E-state index contributed by atoms with van der Waals surface area (Å²) in [5, 5.41) is 0.422. The number of esters is 1. The summed E-state index contributed by atoms with van der Waals surface area (Å²) >= 11 is 11.6. The van der Waals surface area contributed by atoms with Crippen molar-refractivity contribution in [3.8, 4) is 5.75 Å². The molecular weight excluding hydrogens is 227 g/mol. The zero-order chi connectivity index (χ0) is 10.7. The van der Waals surface area contributed by atoms with Crippen LogP contribution in [-0.2, 0) is 4.74 Å². The molecule has 0 fully saturated rings. The molecular formula is C9H8Cl2O3. The first-order chi connectivity index (χ1) is 6.61. The first-order valence-corrected chi connectivity index (χ1v) is 4.47. The average Bonchev–Trinajstić information content (AvgIpc) is 2.20. The molecule has 0 spiro atoms. The van der Waals surface area contributed by atoms with Crippen LogP contribution in [0.3, 0.4) is 0 Å². The van der Waals surface area contributed by atoms with Crippen LogP contribution in [-0.4, -0.2) is 20.2 Å². The highest BCUT2D eigenvalue weighted by Gasteiger charge is 2.19. The molecule has 0 unspecified atom stereocenters. The SMILES string of the molecule is COC(=O)c1c(OC)ccc(Cl)c1Cl. The molecule has 0 radical (unpaired) electrons. The first kappa shape index (κ1) is 11.1. The Morgan fingerprint density at radius 3 is 2.43 bits per heavy atom. The van der Waals surface area contributed by atoms with E-state index in [4.69, 9.17) is 27.9 Å². The van der Waals surface area contributed by atoms with Crippen LogP contribution in [0.15, 0.2) is 12.1 Å². The number of ether oxygens (including phenoxy) is 2. The van der Waals surface area contributed by atoms with Crippen molar-refractivity contribution in [2.24, 2.45) is 0 Å². The number of carbonyl (C=O) groups is 1. The topological polar surface area (TPSA) is 35.5 Å². The lowest BCUT2D eigenvalue weighted by Gasteiger charge is -2.09. The second-order valence-corrected chi connectivity index (χ2v) is 3.22. The predicted molar refractivity (Wildman–Crippen MR) is 54.4 cm³/mol. The molecule has 14 heavy (non-hydrogen) atoms. The fourth-order valence-corrected chi connectivity index (χ4v) is 1.39. The number of methoxy groups -OCH3 is 2. The summed E-state index contributed by atoms with van der Waals surface area (Å²) in [5.41, 5.74) is 0.143. The van der Waals surface area contributed by atoms with Gasteiger partial charge in [0.1, 0.15) is 11.3 Å². The number of benzene rings is 1. The van der Waals surface area contributed by atoms with Crippen LogP contribution in [0.4, 0.5) is 0 Å². The fraction of sp³-hybridized carbons (Fsp3) is 0.222. The van der Waals surface area contributed by atoms with E-state index >= 15 is 0 Å². The van der Waals surface area contributed by atoms with E-state index in [1.165, 1.54) is 14.2 Å². The van der Waals surface area contributed by atoms with Gasteiger partial charge in [-0.3, -0.25) is 0 Å². The van der Waals surface area contributed by atoms with Gasteiger partial charge in [-0.05, 0) is 12.1 Å². The average molecular weight is 235 g/mol. The van der Waals surface area contributed by atoms with Gasteiger partial charge in [0.05, 0.1) is 24.3 Å². The molecule has 0 atom stereocenters. The summed E-state index contributed by atoms with van der Waals surface area (Å²) in [6.07, 6.45) is 0. The summed E-state index contributed by atoms with van der Waals surface area (Å²) in [6, 6.07) is 3.11. The molecule has 0 aliphatic heterocycles. The van der Waals surface area contributed by atoms with E-state index in [0.717, 1.165) is 0 Å². The molecule has 0 aliphatic rings. The molecule has 1 rings (SSSR count). The van der Waals surface area contributed by atoms with Gasteiger partial charge in [-0.15, -0.1) is 0 Å². The molecule has 1 aromatic carbocycles. The van der Waals surface area contributed by atoms with Gasteiger partial charge < -0.3 is 9.47 Å². The highest BCUT2D eigenvalue weighted by Crippen LogP contribution is 2.33. The smallest absolute Gasteiger partial charge is 0.343 e. The van der Waals surface area contributed by atoms with E-state index in [9.17, 15) is 4.79 Å². The molecule has 0 aliphatic carbocycles. The highest BCUT2D eigenvalue weighted by atomic mass is 35.5. The minimum Gasteiger partial charge on any atom is -0.496 e. The van der Waals surface area contributed by atoms with Crippen molar-refractivity contribution in [1.29, 1.82) is 0 Å². The molecule has 0 saturated carbocycles. The first-order valence-electron chi connectivity index (χ1n) is 3.72. The minimum atomic E-state index is -0.575.